The lowest BCUT2D eigenvalue weighted by molar-refractivity contribution is -0.0868. The minimum Gasteiger partial charge on any atom is -0.384 e. The largest absolute Gasteiger partial charge is 0.384 e. The normalized spacial score (nSPS) is 15.8. The molecule has 30 heavy (non-hydrogen) atoms. The first-order valence-corrected chi connectivity index (χ1v) is 11.9. The van der Waals surface area contributed by atoms with E-state index in [-0.39, 0.29) is 6.10 Å². The van der Waals surface area contributed by atoms with Crippen LogP contribution in [0.25, 0.3) is 0 Å². The van der Waals surface area contributed by atoms with E-state index in [1.807, 2.05) is 0 Å². The molecule has 0 aromatic carbocycles. The summed E-state index contributed by atoms with van der Waals surface area (Å²) in [5.41, 5.74) is 0. The topological polar surface area (TPSA) is 55.4 Å². The predicted molar refractivity (Wildman–Crippen MR) is 122 cm³/mol. The molecule has 0 saturated heterocycles. The van der Waals surface area contributed by atoms with Crippen LogP contribution in [0.4, 0.5) is 0 Å². The number of hydrogen-bond donors (Lipinski definition) is 0. The molecule has 0 aromatic heterocycles. The van der Waals surface area contributed by atoms with Gasteiger partial charge in [-0.3, -0.25) is 0 Å². The van der Waals surface area contributed by atoms with Crippen LogP contribution in [-0.4, -0.2) is 80.3 Å². The highest BCUT2D eigenvalue weighted by Crippen LogP contribution is 2.12. The fraction of sp³-hybridized carbons (Fsp3) is 1.00. The highest BCUT2D eigenvalue weighted by Gasteiger charge is 2.17. The van der Waals surface area contributed by atoms with Gasteiger partial charge in [0.25, 0.3) is 0 Å². The first-order valence-electron chi connectivity index (χ1n) is 11.9. The average molecular weight is 435 g/mol. The van der Waals surface area contributed by atoms with Crippen LogP contribution in [0.15, 0.2) is 0 Å². The molecule has 0 aromatic rings. The summed E-state index contributed by atoms with van der Waals surface area (Å²) in [4.78, 5) is 0. The van der Waals surface area contributed by atoms with Gasteiger partial charge in [0.15, 0.2) is 0 Å². The maximum Gasteiger partial charge on any atom is 0.104 e. The third-order valence-corrected chi connectivity index (χ3v) is 5.18. The number of ether oxygens (including phenoxy) is 6. The first-order chi connectivity index (χ1) is 14.6. The maximum absolute atomic E-state index is 6.22. The van der Waals surface area contributed by atoms with E-state index in [9.17, 15) is 0 Å². The zero-order valence-electron chi connectivity index (χ0n) is 20.7. The first kappa shape index (κ1) is 29.8. The molecular weight excluding hydrogens is 384 g/mol. The quantitative estimate of drug-likeness (QED) is 0.234. The minimum atomic E-state index is -0.0733. The van der Waals surface area contributed by atoms with Crippen LogP contribution in [0.1, 0.15) is 59.3 Å². The Bertz CT molecular complexity index is 302. The fourth-order valence-electron chi connectivity index (χ4n) is 3.73. The molecule has 0 spiro atoms. The highest BCUT2D eigenvalue weighted by atomic mass is 16.6. The lowest BCUT2D eigenvalue weighted by Gasteiger charge is -2.24. The van der Waals surface area contributed by atoms with Gasteiger partial charge in [0.1, 0.15) is 6.10 Å². The van der Waals surface area contributed by atoms with Crippen molar-refractivity contribution in [3.63, 3.8) is 0 Å². The van der Waals surface area contributed by atoms with Gasteiger partial charge in [-0.15, -0.1) is 0 Å². The van der Waals surface area contributed by atoms with Crippen molar-refractivity contribution < 1.29 is 28.4 Å². The van der Waals surface area contributed by atoms with E-state index in [1.54, 1.807) is 21.3 Å². The van der Waals surface area contributed by atoms with Crippen molar-refractivity contribution in [1.29, 1.82) is 0 Å². The van der Waals surface area contributed by atoms with Gasteiger partial charge in [-0.05, 0) is 19.3 Å². The van der Waals surface area contributed by atoms with Crippen molar-refractivity contribution in [2.45, 2.75) is 65.4 Å². The zero-order valence-corrected chi connectivity index (χ0v) is 20.7. The Kier molecular flexibility index (Phi) is 21.8. The summed E-state index contributed by atoms with van der Waals surface area (Å²) in [6.07, 6.45) is 6.64. The monoisotopic (exact) mass is 434 g/mol. The average Bonchev–Trinajstić information content (AvgIpc) is 2.72. The van der Waals surface area contributed by atoms with Gasteiger partial charge in [0.05, 0.1) is 52.9 Å². The summed E-state index contributed by atoms with van der Waals surface area (Å²) >= 11 is 0. The molecule has 0 bridgehead atoms. The molecular formula is C24H50O6. The Morgan fingerprint density at radius 3 is 1.17 bits per heavy atom. The third kappa shape index (κ3) is 16.5. The molecule has 6 heteroatoms. The zero-order chi connectivity index (χ0) is 22.5. The van der Waals surface area contributed by atoms with Gasteiger partial charge < -0.3 is 28.4 Å². The molecule has 0 N–H and O–H groups in total. The van der Waals surface area contributed by atoms with E-state index in [0.717, 1.165) is 58.3 Å². The van der Waals surface area contributed by atoms with Crippen molar-refractivity contribution in [3.05, 3.63) is 0 Å². The van der Waals surface area contributed by atoms with Crippen LogP contribution in [0.2, 0.25) is 0 Å². The van der Waals surface area contributed by atoms with E-state index in [0.29, 0.717) is 50.8 Å². The van der Waals surface area contributed by atoms with Crippen molar-refractivity contribution in [2.75, 3.05) is 74.2 Å². The van der Waals surface area contributed by atoms with Crippen molar-refractivity contribution >= 4 is 0 Å². The standard InChI is InChI=1S/C24H50O6/c1-7-10-21(13-25-4)16-28-19-24(30-18-23(12-9-3)15-27-6)20-29-17-22(11-8-2)14-26-5/h21-24H,7-20H2,1-6H3. The smallest absolute Gasteiger partial charge is 0.104 e. The lowest BCUT2D eigenvalue weighted by Crippen LogP contribution is -2.31. The summed E-state index contributed by atoms with van der Waals surface area (Å²) in [6, 6.07) is 0. The van der Waals surface area contributed by atoms with E-state index < -0.39 is 0 Å². The Labute approximate surface area is 186 Å². The summed E-state index contributed by atoms with van der Waals surface area (Å²) in [6.45, 7) is 11.9. The van der Waals surface area contributed by atoms with Crippen LogP contribution in [-0.2, 0) is 28.4 Å². The van der Waals surface area contributed by atoms with Gasteiger partial charge >= 0.3 is 0 Å². The van der Waals surface area contributed by atoms with Gasteiger partial charge in [-0.1, -0.05) is 40.0 Å². The van der Waals surface area contributed by atoms with Crippen molar-refractivity contribution in [2.24, 2.45) is 17.8 Å². The van der Waals surface area contributed by atoms with E-state index in [2.05, 4.69) is 20.8 Å². The van der Waals surface area contributed by atoms with Crippen molar-refractivity contribution in [1.82, 2.24) is 0 Å². The van der Waals surface area contributed by atoms with Gasteiger partial charge in [-0.2, -0.15) is 0 Å². The molecule has 0 aliphatic carbocycles. The van der Waals surface area contributed by atoms with E-state index >= 15 is 0 Å². The Hall–Kier alpha value is -0.240. The molecule has 0 radical (unpaired) electrons. The number of rotatable bonds is 23. The molecule has 3 atom stereocenters. The minimum absolute atomic E-state index is 0.0733. The molecule has 0 aliphatic heterocycles. The second-order valence-electron chi connectivity index (χ2n) is 8.36. The Morgan fingerprint density at radius 2 is 0.833 bits per heavy atom. The van der Waals surface area contributed by atoms with Crippen LogP contribution >= 0.6 is 0 Å². The van der Waals surface area contributed by atoms with Crippen LogP contribution in [0.5, 0.6) is 0 Å². The summed E-state index contributed by atoms with van der Waals surface area (Å²) < 4.78 is 34.3. The maximum atomic E-state index is 6.22. The third-order valence-electron chi connectivity index (χ3n) is 5.18. The molecule has 6 nitrogen and oxygen atoms in total. The summed E-state index contributed by atoms with van der Waals surface area (Å²) in [5.74, 6) is 1.27. The van der Waals surface area contributed by atoms with Crippen LogP contribution < -0.4 is 0 Å². The summed E-state index contributed by atoms with van der Waals surface area (Å²) in [7, 11) is 5.25. The van der Waals surface area contributed by atoms with Gasteiger partial charge in [0, 0.05) is 39.1 Å². The molecule has 0 fully saturated rings. The molecule has 3 unspecified atom stereocenters. The van der Waals surface area contributed by atoms with E-state index in [4.69, 9.17) is 28.4 Å². The number of methoxy groups -OCH3 is 3. The predicted octanol–water partition coefficient (Wildman–Crippen LogP) is 4.59. The molecule has 0 aliphatic rings. The van der Waals surface area contributed by atoms with Crippen LogP contribution in [0, 0.1) is 17.8 Å². The number of hydrogen-bond acceptors (Lipinski definition) is 6. The molecule has 0 amide bonds. The highest BCUT2D eigenvalue weighted by molar-refractivity contribution is 4.64. The Balaban J connectivity index is 4.61. The molecule has 0 rings (SSSR count). The summed E-state index contributed by atoms with van der Waals surface area (Å²) in [5, 5.41) is 0. The second kappa shape index (κ2) is 22.0. The van der Waals surface area contributed by atoms with Crippen molar-refractivity contribution in [3.8, 4) is 0 Å². The lowest BCUT2D eigenvalue weighted by atomic mass is 10.1. The SMILES string of the molecule is CCCC(COC)COCC(COCC(CCC)COC)OCC(CCC)COC. The van der Waals surface area contributed by atoms with Gasteiger partial charge in [0.2, 0.25) is 0 Å². The van der Waals surface area contributed by atoms with Gasteiger partial charge in [-0.25, -0.2) is 0 Å². The van der Waals surface area contributed by atoms with E-state index in [1.165, 1.54) is 0 Å². The molecule has 0 saturated carbocycles. The molecule has 182 valence electrons. The second-order valence-corrected chi connectivity index (χ2v) is 8.36. The fourth-order valence-corrected chi connectivity index (χ4v) is 3.73. The Morgan fingerprint density at radius 1 is 0.467 bits per heavy atom. The van der Waals surface area contributed by atoms with Crippen LogP contribution in [0.3, 0.4) is 0 Å². The molecule has 0 heterocycles.